The summed E-state index contributed by atoms with van der Waals surface area (Å²) >= 11 is 1.35. The van der Waals surface area contributed by atoms with Crippen LogP contribution in [0, 0.1) is 0 Å². The minimum atomic E-state index is 0.453. The smallest absolute Gasteiger partial charge is 0.299 e. The van der Waals surface area contributed by atoms with E-state index in [-0.39, 0.29) is 0 Å². The summed E-state index contributed by atoms with van der Waals surface area (Å²) in [6.45, 7) is 0.453. The molecule has 4 nitrogen and oxygen atoms in total. The SMILES string of the molecule is NCc1ccccc1Oc1nncs1. The fourth-order valence-corrected chi connectivity index (χ4v) is 1.49. The Morgan fingerprint density at radius 1 is 1.36 bits per heavy atom. The lowest BCUT2D eigenvalue weighted by Crippen LogP contribution is -1.98. The molecule has 0 aliphatic carbocycles. The molecule has 0 saturated carbocycles. The van der Waals surface area contributed by atoms with E-state index < -0.39 is 0 Å². The number of nitrogens with zero attached hydrogens (tertiary/aromatic N) is 2. The summed E-state index contributed by atoms with van der Waals surface area (Å²) in [5.74, 6) is 0.742. The summed E-state index contributed by atoms with van der Waals surface area (Å²) in [5, 5.41) is 8.01. The molecule has 0 aliphatic heterocycles. The van der Waals surface area contributed by atoms with E-state index in [0.717, 1.165) is 11.3 Å². The topological polar surface area (TPSA) is 61.0 Å². The molecule has 2 rings (SSSR count). The highest BCUT2D eigenvalue weighted by Crippen LogP contribution is 2.25. The quantitative estimate of drug-likeness (QED) is 0.833. The second-order valence-electron chi connectivity index (χ2n) is 2.62. The highest BCUT2D eigenvalue weighted by molar-refractivity contribution is 7.11. The van der Waals surface area contributed by atoms with Crippen molar-refractivity contribution in [3.05, 3.63) is 35.3 Å². The molecule has 2 N–H and O–H groups in total. The lowest BCUT2D eigenvalue weighted by atomic mass is 10.2. The van der Waals surface area contributed by atoms with Crippen LogP contribution in [0.25, 0.3) is 0 Å². The van der Waals surface area contributed by atoms with E-state index >= 15 is 0 Å². The molecule has 0 bridgehead atoms. The van der Waals surface area contributed by atoms with Crippen LogP contribution in [0.15, 0.2) is 29.8 Å². The second kappa shape index (κ2) is 4.17. The van der Waals surface area contributed by atoms with E-state index in [4.69, 9.17) is 10.5 Å². The molecule has 5 heteroatoms. The van der Waals surface area contributed by atoms with Crippen molar-refractivity contribution >= 4 is 11.3 Å². The minimum absolute atomic E-state index is 0.453. The number of para-hydroxylation sites is 1. The normalized spacial score (nSPS) is 10.1. The van der Waals surface area contributed by atoms with Gasteiger partial charge in [0.05, 0.1) is 0 Å². The Morgan fingerprint density at radius 3 is 2.93 bits per heavy atom. The molecule has 0 saturated heterocycles. The van der Waals surface area contributed by atoms with Gasteiger partial charge in [-0.1, -0.05) is 34.6 Å². The molecule has 14 heavy (non-hydrogen) atoms. The van der Waals surface area contributed by atoms with E-state index in [1.807, 2.05) is 24.3 Å². The van der Waals surface area contributed by atoms with Gasteiger partial charge in [0.2, 0.25) is 0 Å². The maximum atomic E-state index is 5.57. The molecule has 0 radical (unpaired) electrons. The van der Waals surface area contributed by atoms with Gasteiger partial charge in [0.15, 0.2) is 0 Å². The van der Waals surface area contributed by atoms with E-state index in [1.165, 1.54) is 11.3 Å². The first-order valence-electron chi connectivity index (χ1n) is 4.12. The summed E-state index contributed by atoms with van der Waals surface area (Å²) in [6.07, 6.45) is 0. The summed E-state index contributed by atoms with van der Waals surface area (Å²) in [4.78, 5) is 0. The largest absolute Gasteiger partial charge is 0.429 e. The van der Waals surface area contributed by atoms with Gasteiger partial charge in [-0.3, -0.25) is 0 Å². The molecule has 0 aliphatic rings. The molecule has 0 fully saturated rings. The molecular weight excluding hydrogens is 198 g/mol. The van der Waals surface area contributed by atoms with Crippen LogP contribution in [-0.4, -0.2) is 10.2 Å². The highest BCUT2D eigenvalue weighted by atomic mass is 32.1. The third-order valence-corrected chi connectivity index (χ3v) is 2.30. The van der Waals surface area contributed by atoms with E-state index in [2.05, 4.69) is 10.2 Å². The predicted octanol–water partition coefficient (Wildman–Crippen LogP) is 1.79. The van der Waals surface area contributed by atoms with Crippen LogP contribution < -0.4 is 10.5 Å². The highest BCUT2D eigenvalue weighted by Gasteiger charge is 2.04. The fraction of sp³-hybridized carbons (Fsp3) is 0.111. The van der Waals surface area contributed by atoms with Gasteiger partial charge in [-0.2, -0.15) is 0 Å². The Labute approximate surface area is 85.4 Å². The summed E-state index contributed by atoms with van der Waals surface area (Å²) in [5.41, 5.74) is 8.15. The van der Waals surface area contributed by atoms with Gasteiger partial charge in [-0.15, -0.1) is 5.10 Å². The molecule has 72 valence electrons. The van der Waals surface area contributed by atoms with Gasteiger partial charge in [-0.05, 0) is 6.07 Å². The van der Waals surface area contributed by atoms with E-state index in [9.17, 15) is 0 Å². The maximum absolute atomic E-state index is 5.57. The van der Waals surface area contributed by atoms with Crippen LogP contribution in [0.4, 0.5) is 0 Å². The second-order valence-corrected chi connectivity index (χ2v) is 3.41. The third kappa shape index (κ3) is 1.89. The van der Waals surface area contributed by atoms with Crippen LogP contribution in [0.2, 0.25) is 0 Å². The third-order valence-electron chi connectivity index (χ3n) is 1.73. The molecule has 1 heterocycles. The predicted molar refractivity (Wildman–Crippen MR) is 54.3 cm³/mol. The molecule has 2 aromatic rings. The van der Waals surface area contributed by atoms with Crippen molar-refractivity contribution in [3.63, 3.8) is 0 Å². The van der Waals surface area contributed by atoms with Crippen molar-refractivity contribution < 1.29 is 4.74 Å². The number of hydrogen-bond acceptors (Lipinski definition) is 5. The summed E-state index contributed by atoms with van der Waals surface area (Å²) in [6, 6.07) is 7.62. The number of nitrogens with two attached hydrogens (primary N) is 1. The molecule has 0 atom stereocenters. The Hall–Kier alpha value is -1.46. The molecule has 1 aromatic carbocycles. The first-order chi connectivity index (χ1) is 6.90. The zero-order valence-electron chi connectivity index (χ0n) is 7.38. The fourth-order valence-electron chi connectivity index (χ4n) is 1.07. The van der Waals surface area contributed by atoms with Crippen LogP contribution in [0.3, 0.4) is 0 Å². The number of benzene rings is 1. The van der Waals surface area contributed by atoms with Gasteiger partial charge >= 0.3 is 0 Å². The van der Waals surface area contributed by atoms with Crippen molar-refractivity contribution in [2.24, 2.45) is 5.73 Å². The average molecular weight is 207 g/mol. The number of rotatable bonds is 3. The van der Waals surface area contributed by atoms with E-state index in [1.54, 1.807) is 5.51 Å². The van der Waals surface area contributed by atoms with Crippen molar-refractivity contribution in [1.82, 2.24) is 10.2 Å². The van der Waals surface area contributed by atoms with Crippen molar-refractivity contribution in [1.29, 1.82) is 0 Å². The standard InChI is InChI=1S/C9H9N3OS/c10-5-7-3-1-2-4-8(7)13-9-12-11-6-14-9/h1-4,6H,5,10H2. The molecule has 1 aromatic heterocycles. The number of aromatic nitrogens is 2. The van der Waals surface area contributed by atoms with Gasteiger partial charge in [0.1, 0.15) is 11.3 Å². The maximum Gasteiger partial charge on any atom is 0.299 e. The molecule has 0 unspecified atom stereocenters. The van der Waals surface area contributed by atoms with Gasteiger partial charge in [0.25, 0.3) is 5.19 Å². The summed E-state index contributed by atoms with van der Waals surface area (Å²) < 4.78 is 5.51. The first-order valence-corrected chi connectivity index (χ1v) is 5.00. The van der Waals surface area contributed by atoms with E-state index in [0.29, 0.717) is 11.7 Å². The monoisotopic (exact) mass is 207 g/mol. The van der Waals surface area contributed by atoms with Crippen LogP contribution in [0.1, 0.15) is 5.56 Å². The van der Waals surface area contributed by atoms with Crippen molar-refractivity contribution in [2.45, 2.75) is 6.54 Å². The Kier molecular flexibility index (Phi) is 2.71. The lowest BCUT2D eigenvalue weighted by molar-refractivity contribution is 0.467. The Morgan fingerprint density at radius 2 is 2.21 bits per heavy atom. The summed E-state index contributed by atoms with van der Waals surface area (Å²) in [7, 11) is 0. The van der Waals surface area contributed by atoms with Gasteiger partial charge in [0, 0.05) is 12.1 Å². The average Bonchev–Trinajstić information content (AvgIpc) is 2.71. The number of ether oxygens (including phenoxy) is 1. The zero-order valence-corrected chi connectivity index (χ0v) is 8.20. The Balaban J connectivity index is 2.24. The zero-order chi connectivity index (χ0) is 9.80. The van der Waals surface area contributed by atoms with Gasteiger partial charge in [-0.25, -0.2) is 0 Å². The first kappa shape index (κ1) is 9.11. The molecule has 0 amide bonds. The molecular formula is C9H9N3OS. The molecule has 0 spiro atoms. The minimum Gasteiger partial charge on any atom is -0.429 e. The Bertz CT molecular complexity index is 402. The van der Waals surface area contributed by atoms with Crippen LogP contribution in [0.5, 0.6) is 10.9 Å². The van der Waals surface area contributed by atoms with Crippen LogP contribution in [-0.2, 0) is 6.54 Å². The van der Waals surface area contributed by atoms with Crippen molar-refractivity contribution in [3.8, 4) is 10.9 Å². The van der Waals surface area contributed by atoms with Crippen molar-refractivity contribution in [2.75, 3.05) is 0 Å². The van der Waals surface area contributed by atoms with Crippen LogP contribution >= 0.6 is 11.3 Å². The lowest BCUT2D eigenvalue weighted by Gasteiger charge is -2.05. The number of hydrogen-bond donors (Lipinski definition) is 1. The van der Waals surface area contributed by atoms with Gasteiger partial charge < -0.3 is 10.5 Å².